The van der Waals surface area contributed by atoms with Crippen LogP contribution in [0.4, 0.5) is 26.3 Å². The summed E-state index contributed by atoms with van der Waals surface area (Å²) in [7, 11) is -3.28. The molecule has 0 saturated heterocycles. The lowest BCUT2D eigenvalue weighted by atomic mass is 10.5. The van der Waals surface area contributed by atoms with Crippen LogP contribution in [0.5, 0.6) is 0 Å². The summed E-state index contributed by atoms with van der Waals surface area (Å²) in [6, 6.07) is 0. The van der Waals surface area contributed by atoms with Crippen molar-refractivity contribution in [1.82, 2.24) is 19.6 Å². The van der Waals surface area contributed by atoms with Gasteiger partial charge in [0.25, 0.3) is 0 Å². The first-order chi connectivity index (χ1) is 17.9. The summed E-state index contributed by atoms with van der Waals surface area (Å²) in [6.45, 7) is 17.8. The third-order valence-corrected chi connectivity index (χ3v) is 6.73. The highest BCUT2D eigenvalue weighted by atomic mass is 35.5. The van der Waals surface area contributed by atoms with Crippen LogP contribution < -0.4 is 12.4 Å². The second kappa shape index (κ2) is 21.3. The zero-order chi connectivity index (χ0) is 32.3. The van der Waals surface area contributed by atoms with Gasteiger partial charge >= 0.3 is 33.1 Å². The zero-order valence-corrected chi connectivity index (χ0v) is 27.9. The first-order valence-electron chi connectivity index (χ1n) is 12.0. The Labute approximate surface area is 264 Å². The largest absolute Gasteiger partial charge is 1.00 e. The molecule has 0 atom stereocenters. The van der Waals surface area contributed by atoms with Crippen LogP contribution >= 0.6 is 12.4 Å². The van der Waals surface area contributed by atoms with Crippen LogP contribution in [0, 0.1) is 0 Å². The molecule has 0 spiro atoms. The number of guanidine groups is 2. The highest BCUT2D eigenvalue weighted by Crippen LogP contribution is 2.21. The van der Waals surface area contributed by atoms with E-state index in [1.54, 1.807) is 0 Å². The van der Waals surface area contributed by atoms with Crippen molar-refractivity contribution in [3.63, 3.8) is 0 Å². The molecule has 0 unspecified atom stereocenters. The number of hydrogen-bond donors (Lipinski definition) is 1. The molecule has 264 valence electrons. The molecular weight excluding hydrogens is 681 g/mol. The number of halogens is 8. The molecule has 2 aliphatic rings. The average Bonchev–Trinajstić information content (AvgIpc) is 3.30. The number of rotatable bonds is 4. The van der Waals surface area contributed by atoms with Gasteiger partial charge in [0.1, 0.15) is 0 Å². The second-order valence-electron chi connectivity index (χ2n) is 8.45. The van der Waals surface area contributed by atoms with E-state index in [0.29, 0.717) is 0 Å². The summed E-state index contributed by atoms with van der Waals surface area (Å²) in [5.74, 6) is 2.75. The van der Waals surface area contributed by atoms with Crippen LogP contribution in [-0.2, 0) is 20.2 Å². The molecule has 2 heterocycles. The van der Waals surface area contributed by atoms with Crippen molar-refractivity contribution in [2.45, 2.75) is 46.1 Å². The Morgan fingerprint density at radius 2 is 0.977 bits per heavy atom. The van der Waals surface area contributed by atoms with E-state index in [9.17, 15) is 26.3 Å². The fourth-order valence-corrected chi connectivity index (χ4v) is 3.56. The van der Waals surface area contributed by atoms with E-state index in [1.165, 1.54) is 11.9 Å². The Bertz CT molecular complexity index is 985. The van der Waals surface area contributed by atoms with E-state index in [0.717, 1.165) is 52.4 Å². The summed E-state index contributed by atoms with van der Waals surface area (Å²) in [4.78, 5) is 9.44. The summed E-state index contributed by atoms with van der Waals surface area (Å²) in [6.07, 6.45) is 0. The van der Waals surface area contributed by atoms with Crippen molar-refractivity contribution in [3.8, 4) is 0 Å². The average molecular weight is 728 g/mol. The molecule has 0 radical (unpaired) electrons. The summed E-state index contributed by atoms with van der Waals surface area (Å²) >= 11 is 0. The number of nitrogens with zero attached hydrogens (tertiary/aromatic N) is 6. The van der Waals surface area contributed by atoms with E-state index in [2.05, 4.69) is 84.6 Å². The monoisotopic (exact) mass is 726 g/mol. The number of alkyl halides is 6. The molecule has 2 rings (SSSR count). The first kappa shape index (κ1) is 51.1. The minimum atomic E-state index is -6.09. The third-order valence-electron chi connectivity index (χ3n) is 5.58. The highest BCUT2D eigenvalue weighted by molar-refractivity contribution is 7.86. The first-order valence-corrected chi connectivity index (χ1v) is 14.9. The van der Waals surface area contributed by atoms with Gasteiger partial charge in [-0.1, -0.05) is 7.43 Å². The predicted molar refractivity (Wildman–Crippen MR) is 151 cm³/mol. The van der Waals surface area contributed by atoms with Gasteiger partial charge in [-0.25, -0.2) is 8.42 Å². The second-order valence-corrected chi connectivity index (χ2v) is 11.2. The molecule has 0 aromatic carbocycles. The molecule has 0 bridgehead atoms. The zero-order valence-electron chi connectivity index (χ0n) is 24.7. The Hall–Kier alpha value is -1.48. The minimum Gasteiger partial charge on any atom is -1.00 e. The van der Waals surface area contributed by atoms with Crippen LogP contribution in [0.2, 0.25) is 0 Å². The van der Waals surface area contributed by atoms with E-state index < -0.39 is 31.3 Å². The van der Waals surface area contributed by atoms with Crippen LogP contribution in [0.3, 0.4) is 0 Å². The van der Waals surface area contributed by atoms with Gasteiger partial charge < -0.3 is 17.0 Å². The van der Waals surface area contributed by atoms with Gasteiger partial charge in [-0.3, -0.25) is 33.3 Å². The maximum atomic E-state index is 10.7. The van der Waals surface area contributed by atoms with E-state index in [4.69, 9.17) is 25.9 Å². The highest BCUT2D eigenvalue weighted by Gasteiger charge is 2.44. The van der Waals surface area contributed by atoms with E-state index in [1.807, 2.05) is 0 Å². The van der Waals surface area contributed by atoms with Gasteiger partial charge in [-0.15, -0.1) is 12.4 Å². The number of hydrogen-bond acceptors (Lipinski definition) is 9. The molecule has 43 heavy (non-hydrogen) atoms. The van der Waals surface area contributed by atoms with Crippen molar-refractivity contribution in [1.29, 1.82) is 0 Å². The molecule has 1 N–H and O–H groups in total. The van der Waals surface area contributed by atoms with Gasteiger partial charge in [0.15, 0.2) is 10.1 Å². The molecule has 12 nitrogen and oxygen atoms in total. The van der Waals surface area contributed by atoms with Crippen LogP contribution in [0.15, 0.2) is 0 Å². The molecule has 0 aromatic rings. The van der Waals surface area contributed by atoms with Crippen LogP contribution in [0.1, 0.15) is 35.1 Å². The summed E-state index contributed by atoms with van der Waals surface area (Å²) in [5.41, 5.74) is -11.2. The Morgan fingerprint density at radius 3 is 1.07 bits per heavy atom. The summed E-state index contributed by atoms with van der Waals surface area (Å²) in [5, 5.41) is 0. The minimum absolute atomic E-state index is 0. The van der Waals surface area contributed by atoms with Gasteiger partial charge in [-0.2, -0.15) is 34.8 Å². The SMILES string of the molecule is C.CCN(CC)C1=[N+](C)CCN1C.CCN(CC)C1=[N+](C)CCN1C.Cl.O=S(=O)(O)C(F)(F)F.O=S(=O)([O-])C(F)(F)F.[Cl-]. The van der Waals surface area contributed by atoms with Crippen LogP contribution in [-0.4, -0.2) is 158 Å². The van der Waals surface area contributed by atoms with Gasteiger partial charge in [-0.05, 0) is 27.7 Å². The van der Waals surface area contributed by atoms with Gasteiger partial charge in [0.2, 0.25) is 0 Å². The third kappa shape index (κ3) is 17.6. The lowest BCUT2D eigenvalue weighted by molar-refractivity contribution is -0.491. The fourth-order valence-electron chi connectivity index (χ4n) is 3.56. The quantitative estimate of drug-likeness (QED) is 0.168. The topological polar surface area (TPSA) is 131 Å². The Kier molecular flexibility index (Phi) is 25.3. The van der Waals surface area contributed by atoms with Crippen LogP contribution in [0.25, 0.3) is 0 Å². The Morgan fingerprint density at radius 1 is 0.767 bits per heavy atom. The summed E-state index contributed by atoms with van der Waals surface area (Å²) < 4.78 is 121. The predicted octanol–water partition coefficient (Wildman–Crippen LogP) is -0.949. The lowest BCUT2D eigenvalue weighted by Gasteiger charge is -2.19. The maximum Gasteiger partial charge on any atom is 0.522 e. The maximum absolute atomic E-state index is 10.7. The Balaban J connectivity index is -0.000000149. The lowest BCUT2D eigenvalue weighted by Crippen LogP contribution is -3.00. The molecule has 0 aliphatic carbocycles. The van der Waals surface area contributed by atoms with Crippen molar-refractivity contribution in [3.05, 3.63) is 0 Å². The molecule has 0 amide bonds. The van der Waals surface area contributed by atoms with Crippen molar-refractivity contribution < 1.29 is 73.8 Å². The molecule has 2 aliphatic heterocycles. The van der Waals surface area contributed by atoms with Gasteiger partial charge in [0, 0.05) is 0 Å². The van der Waals surface area contributed by atoms with E-state index in [-0.39, 0.29) is 32.2 Å². The van der Waals surface area contributed by atoms with Gasteiger partial charge in [0.05, 0.1) is 80.5 Å². The van der Waals surface area contributed by atoms with Crippen molar-refractivity contribution in [2.75, 3.05) is 80.5 Å². The molecule has 0 fully saturated rings. The molecule has 0 saturated carbocycles. The van der Waals surface area contributed by atoms with Crippen molar-refractivity contribution in [2.24, 2.45) is 0 Å². The number of likely N-dealkylation sites (N-methyl/N-ethyl adjacent to an activating group) is 4. The standard InChI is InChI=1S/2C9H20N3.2CHF3O3S.CH4.2ClH/c2*1-5-12(6-2)9-10(3)7-8-11(9)4;2*2-1(3,4)8(5,6)7;;;/h2*5-8H2,1-4H3;2*(H,5,6,7);1H4;2*1H/q2*+1;;;;;/p-2. The molecule has 0 aromatic heterocycles. The molecule has 22 heteroatoms. The smallest absolute Gasteiger partial charge is 0.522 e. The fraction of sp³-hybridized carbons (Fsp3) is 0.905. The van der Waals surface area contributed by atoms with Crippen molar-refractivity contribution >= 4 is 44.6 Å². The van der Waals surface area contributed by atoms with E-state index >= 15 is 0 Å². The normalized spacial score (nSPS) is 15.0. The molecular formula is C21H46Cl2F6N6O6S2.